The van der Waals surface area contributed by atoms with Gasteiger partial charge in [-0.05, 0) is 0 Å². The predicted molar refractivity (Wildman–Crippen MR) is 118 cm³/mol. The Kier molecular flexibility index (Phi) is 17.1. The van der Waals surface area contributed by atoms with Crippen molar-refractivity contribution in [2.45, 2.75) is 125 Å². The third-order valence-electron chi connectivity index (χ3n) is 5.42. The summed E-state index contributed by atoms with van der Waals surface area (Å²) in [6, 6.07) is 0. The molecule has 0 aliphatic carbocycles. The zero-order chi connectivity index (χ0) is 19.7. The molecule has 0 radical (unpaired) electrons. The van der Waals surface area contributed by atoms with Crippen molar-refractivity contribution in [2.24, 2.45) is 0 Å². The van der Waals surface area contributed by atoms with Crippen molar-refractivity contribution in [1.29, 1.82) is 0 Å². The molecule has 0 aliphatic rings. The molecule has 0 amide bonds. The summed E-state index contributed by atoms with van der Waals surface area (Å²) in [5, 5.41) is 0. The molecule has 0 aromatic heterocycles. The summed E-state index contributed by atoms with van der Waals surface area (Å²) in [6.45, 7) is 10.7. The molecule has 0 spiro atoms. The minimum atomic E-state index is -2.18. The van der Waals surface area contributed by atoms with Gasteiger partial charge in [-0.15, -0.1) is 0 Å². The first-order valence-corrected chi connectivity index (χ1v) is 19.1. The van der Waals surface area contributed by atoms with E-state index in [1.54, 1.807) is 6.92 Å². The van der Waals surface area contributed by atoms with Crippen molar-refractivity contribution in [2.75, 3.05) is 0 Å². The van der Waals surface area contributed by atoms with E-state index in [1.807, 2.05) is 0 Å². The number of rotatable bonds is 17. The molecule has 0 unspecified atom stereocenters. The number of hydrogen-bond donors (Lipinski definition) is 0. The number of hydrogen-bond acceptors (Lipinski definition) is 2. The van der Waals surface area contributed by atoms with E-state index in [-0.39, 0.29) is 12.1 Å². The molecule has 154 valence electrons. The molecule has 0 bridgehead atoms. The van der Waals surface area contributed by atoms with Gasteiger partial charge in [0, 0.05) is 0 Å². The van der Waals surface area contributed by atoms with E-state index in [2.05, 4.69) is 37.9 Å². The van der Waals surface area contributed by atoms with Crippen LogP contribution in [-0.2, 0) is 9.53 Å². The first-order chi connectivity index (χ1) is 12.5. The van der Waals surface area contributed by atoms with E-state index < -0.39 is 18.4 Å². The van der Waals surface area contributed by atoms with Gasteiger partial charge in [-0.25, -0.2) is 0 Å². The molecular weight excluding hydrogens is 427 g/mol. The van der Waals surface area contributed by atoms with Crippen molar-refractivity contribution in [3.8, 4) is 0 Å². The average molecular weight is 473 g/mol. The van der Waals surface area contributed by atoms with Crippen LogP contribution >= 0.6 is 0 Å². The number of ether oxygens (including phenoxy) is 1. The number of unbranched alkanes of at least 4 members (excludes halogenated alkanes) is 5. The molecule has 0 saturated carbocycles. The van der Waals surface area contributed by atoms with Crippen LogP contribution in [0.5, 0.6) is 0 Å². The molecule has 3 heteroatoms. The first-order valence-electron chi connectivity index (χ1n) is 11.4. The van der Waals surface area contributed by atoms with Gasteiger partial charge in [-0.3, -0.25) is 0 Å². The summed E-state index contributed by atoms with van der Waals surface area (Å²) < 4.78 is 12.8. The summed E-state index contributed by atoms with van der Waals surface area (Å²) in [4.78, 5) is 11.4. The van der Waals surface area contributed by atoms with Crippen LogP contribution in [0.4, 0.5) is 0 Å². The molecular formula is C23H46O2Sn. The molecule has 1 atom stereocenters. The summed E-state index contributed by atoms with van der Waals surface area (Å²) in [7, 11) is 0. The van der Waals surface area contributed by atoms with Gasteiger partial charge in [0.25, 0.3) is 0 Å². The van der Waals surface area contributed by atoms with Crippen molar-refractivity contribution < 1.29 is 9.53 Å². The standard InChI is InChI=1S/C11H19O2.3C4H9.Sn/c1-4-6-7-9-11(8-5-2)13-10(3)12;3*1-3-4-2;/h2,5,11H,4,6-9H2,1,3H3;3*1,3-4H2,2H3;/t11-;;;;/m0..../s1. The zero-order valence-corrected chi connectivity index (χ0v) is 21.3. The van der Waals surface area contributed by atoms with Crippen LogP contribution in [0, 0.1) is 0 Å². The van der Waals surface area contributed by atoms with Gasteiger partial charge in [0.1, 0.15) is 0 Å². The number of carbonyl (C=O) groups is 1. The Labute approximate surface area is 168 Å². The van der Waals surface area contributed by atoms with Crippen LogP contribution in [0.3, 0.4) is 0 Å². The zero-order valence-electron chi connectivity index (χ0n) is 18.4. The van der Waals surface area contributed by atoms with Crippen LogP contribution in [0.15, 0.2) is 10.2 Å². The molecule has 0 fully saturated rings. The van der Waals surface area contributed by atoms with E-state index in [4.69, 9.17) is 4.74 Å². The van der Waals surface area contributed by atoms with Gasteiger partial charge in [0.05, 0.1) is 0 Å². The van der Waals surface area contributed by atoms with Crippen LogP contribution in [0.1, 0.15) is 105 Å². The fraction of sp³-hybridized carbons (Fsp3) is 0.870. The maximum atomic E-state index is 11.4. The summed E-state index contributed by atoms with van der Waals surface area (Å²) >= 11 is -2.18. The van der Waals surface area contributed by atoms with E-state index in [1.165, 1.54) is 64.7 Å². The second-order valence-electron chi connectivity index (χ2n) is 8.04. The van der Waals surface area contributed by atoms with Crippen molar-refractivity contribution in [1.82, 2.24) is 0 Å². The van der Waals surface area contributed by atoms with Crippen LogP contribution in [-0.4, -0.2) is 30.5 Å². The Bertz CT molecular complexity index is 343. The van der Waals surface area contributed by atoms with Gasteiger partial charge in [-0.1, -0.05) is 0 Å². The predicted octanol–water partition coefficient (Wildman–Crippen LogP) is 7.83. The molecule has 0 N–H and O–H groups in total. The van der Waals surface area contributed by atoms with Crippen molar-refractivity contribution >= 4 is 24.3 Å². The van der Waals surface area contributed by atoms with Crippen LogP contribution in [0.25, 0.3) is 0 Å². The second-order valence-corrected chi connectivity index (χ2v) is 21.0. The molecule has 0 heterocycles. The fourth-order valence-electron chi connectivity index (χ4n) is 3.76. The first kappa shape index (κ1) is 26.0. The maximum absolute atomic E-state index is 11.4. The average Bonchev–Trinajstić information content (AvgIpc) is 2.62. The van der Waals surface area contributed by atoms with E-state index in [9.17, 15) is 4.79 Å². The van der Waals surface area contributed by atoms with Crippen LogP contribution in [0.2, 0.25) is 13.3 Å². The molecule has 0 rings (SSSR count). The number of esters is 1. The van der Waals surface area contributed by atoms with Crippen LogP contribution < -0.4 is 0 Å². The van der Waals surface area contributed by atoms with Gasteiger partial charge >= 0.3 is 169 Å². The topological polar surface area (TPSA) is 26.3 Å². The molecule has 2 nitrogen and oxygen atoms in total. The van der Waals surface area contributed by atoms with Crippen molar-refractivity contribution in [3.05, 3.63) is 10.2 Å². The Balaban J connectivity index is 4.98. The van der Waals surface area contributed by atoms with E-state index in [0.717, 1.165) is 19.3 Å². The van der Waals surface area contributed by atoms with Gasteiger partial charge in [0.15, 0.2) is 0 Å². The third-order valence-corrected chi connectivity index (χ3v) is 19.7. The summed E-state index contributed by atoms with van der Waals surface area (Å²) in [5.74, 6) is -0.127. The second kappa shape index (κ2) is 17.1. The van der Waals surface area contributed by atoms with Gasteiger partial charge in [-0.2, -0.15) is 0 Å². The number of carbonyl (C=O) groups excluding carboxylic acids is 1. The Morgan fingerprint density at radius 1 is 0.846 bits per heavy atom. The quantitative estimate of drug-likeness (QED) is 0.122. The van der Waals surface area contributed by atoms with Crippen molar-refractivity contribution in [3.63, 3.8) is 0 Å². The Morgan fingerprint density at radius 3 is 1.77 bits per heavy atom. The van der Waals surface area contributed by atoms with Gasteiger partial charge in [0.2, 0.25) is 0 Å². The monoisotopic (exact) mass is 474 g/mol. The van der Waals surface area contributed by atoms with E-state index in [0.29, 0.717) is 0 Å². The van der Waals surface area contributed by atoms with Gasteiger partial charge < -0.3 is 0 Å². The van der Waals surface area contributed by atoms with E-state index >= 15 is 0 Å². The fourth-order valence-corrected chi connectivity index (χ4v) is 18.2. The molecule has 26 heavy (non-hydrogen) atoms. The third kappa shape index (κ3) is 13.2. The molecule has 0 aromatic carbocycles. The Morgan fingerprint density at radius 2 is 1.35 bits per heavy atom. The summed E-state index contributed by atoms with van der Waals surface area (Å²) in [5.41, 5.74) is 0. The minimum absolute atomic E-state index is 0.0859. The SMILES string of the molecule is CCCCC[C@H](C/C=[CH]/[Sn]([CH2]CCC)([CH2]CCC)[CH2]CCC)OC(C)=O. The Hall–Kier alpha value is 0.00870. The molecule has 0 aromatic rings. The molecule has 0 aliphatic heterocycles. The normalized spacial score (nSPS) is 13.3. The molecule has 0 saturated heterocycles. The summed E-state index contributed by atoms with van der Waals surface area (Å²) in [6.07, 6.45) is 16.2.